The Hall–Kier alpha value is -0.800. The first-order valence-electron chi connectivity index (χ1n) is 4.66. The van der Waals surface area contributed by atoms with E-state index in [-0.39, 0.29) is 17.8 Å². The Kier molecular flexibility index (Phi) is 4.85. The molecule has 4 heteroatoms. The number of methoxy groups -OCH3 is 1. The summed E-state index contributed by atoms with van der Waals surface area (Å²) in [6, 6.07) is 4.45. The van der Waals surface area contributed by atoms with E-state index in [1.165, 1.54) is 12.1 Å². The maximum atomic E-state index is 13.1. The van der Waals surface area contributed by atoms with Crippen LogP contribution >= 0.6 is 11.6 Å². The molecule has 0 saturated heterocycles. The normalized spacial score (nSPS) is 12.5. The second kappa shape index (κ2) is 5.93. The van der Waals surface area contributed by atoms with Crippen LogP contribution in [0.2, 0.25) is 0 Å². The molecular formula is C11H14ClFO2. The Bertz CT molecular complexity index is 317. The molecule has 1 rings (SSSR count). The third-order valence-corrected chi connectivity index (χ3v) is 2.13. The van der Waals surface area contributed by atoms with Crippen LogP contribution in [0.1, 0.15) is 12.5 Å². The Morgan fingerprint density at radius 3 is 2.73 bits per heavy atom. The van der Waals surface area contributed by atoms with Crippen molar-refractivity contribution in [3.8, 4) is 5.75 Å². The van der Waals surface area contributed by atoms with E-state index in [0.29, 0.717) is 17.9 Å². The average Bonchev–Trinajstić information content (AvgIpc) is 2.17. The van der Waals surface area contributed by atoms with Crippen molar-refractivity contribution < 1.29 is 13.9 Å². The zero-order valence-corrected chi connectivity index (χ0v) is 9.55. The summed E-state index contributed by atoms with van der Waals surface area (Å²) in [4.78, 5) is 0. The summed E-state index contributed by atoms with van der Waals surface area (Å²) < 4.78 is 23.5. The van der Waals surface area contributed by atoms with Gasteiger partial charge in [0.05, 0.1) is 6.61 Å². The summed E-state index contributed by atoms with van der Waals surface area (Å²) >= 11 is 5.62. The lowest BCUT2D eigenvalue weighted by molar-refractivity contribution is 0.0918. The molecule has 15 heavy (non-hydrogen) atoms. The summed E-state index contributed by atoms with van der Waals surface area (Å²) in [5.74, 6) is 0.412. The first-order chi connectivity index (χ1) is 7.15. The monoisotopic (exact) mass is 232 g/mol. The van der Waals surface area contributed by atoms with E-state index >= 15 is 0 Å². The van der Waals surface area contributed by atoms with Crippen molar-refractivity contribution in [3.63, 3.8) is 0 Å². The van der Waals surface area contributed by atoms with E-state index in [4.69, 9.17) is 21.1 Å². The third-order valence-electron chi connectivity index (χ3n) is 1.82. The van der Waals surface area contributed by atoms with Crippen molar-refractivity contribution >= 4 is 11.6 Å². The van der Waals surface area contributed by atoms with E-state index in [2.05, 4.69) is 0 Å². The molecule has 0 bridgehead atoms. The fourth-order valence-corrected chi connectivity index (χ4v) is 1.42. The number of rotatable bonds is 5. The molecule has 0 aliphatic carbocycles. The van der Waals surface area contributed by atoms with Gasteiger partial charge in [0.1, 0.15) is 17.7 Å². The Morgan fingerprint density at radius 2 is 2.13 bits per heavy atom. The lowest BCUT2D eigenvalue weighted by Crippen LogP contribution is -2.18. The molecule has 0 heterocycles. The minimum Gasteiger partial charge on any atom is -0.488 e. The molecule has 0 N–H and O–H groups in total. The van der Waals surface area contributed by atoms with Gasteiger partial charge < -0.3 is 9.47 Å². The van der Waals surface area contributed by atoms with Crippen LogP contribution in [-0.2, 0) is 10.6 Å². The summed E-state index contributed by atoms with van der Waals surface area (Å²) in [7, 11) is 1.59. The smallest absolute Gasteiger partial charge is 0.127 e. The molecule has 1 unspecified atom stereocenters. The van der Waals surface area contributed by atoms with Gasteiger partial charge in [0.2, 0.25) is 0 Å². The Labute approximate surface area is 94.0 Å². The summed E-state index contributed by atoms with van der Waals surface area (Å²) in [6.45, 7) is 2.32. The fraction of sp³-hybridized carbons (Fsp3) is 0.455. The number of benzene rings is 1. The molecule has 84 valence electrons. The second-order valence-electron chi connectivity index (χ2n) is 3.31. The quantitative estimate of drug-likeness (QED) is 0.727. The Morgan fingerprint density at radius 1 is 1.40 bits per heavy atom. The summed E-state index contributed by atoms with van der Waals surface area (Å²) in [5.41, 5.74) is 0.705. The molecule has 0 amide bonds. The van der Waals surface area contributed by atoms with Crippen molar-refractivity contribution in [2.45, 2.75) is 18.9 Å². The van der Waals surface area contributed by atoms with Crippen LogP contribution in [0.3, 0.4) is 0 Å². The molecular weight excluding hydrogens is 219 g/mol. The highest BCUT2D eigenvalue weighted by molar-refractivity contribution is 6.17. The predicted octanol–water partition coefficient (Wildman–Crippen LogP) is 2.98. The number of hydrogen-bond acceptors (Lipinski definition) is 2. The van der Waals surface area contributed by atoms with Crippen LogP contribution in [0, 0.1) is 5.82 Å². The molecule has 0 aliphatic rings. The largest absolute Gasteiger partial charge is 0.488 e. The van der Waals surface area contributed by atoms with Crippen LogP contribution in [0.5, 0.6) is 5.75 Å². The van der Waals surface area contributed by atoms with Gasteiger partial charge in [-0.05, 0) is 24.6 Å². The molecule has 0 spiro atoms. The van der Waals surface area contributed by atoms with Gasteiger partial charge in [0.25, 0.3) is 0 Å². The van der Waals surface area contributed by atoms with Gasteiger partial charge in [-0.15, -0.1) is 11.6 Å². The summed E-state index contributed by atoms with van der Waals surface area (Å²) in [5, 5.41) is 0. The van der Waals surface area contributed by atoms with Crippen molar-refractivity contribution in [2.24, 2.45) is 0 Å². The summed E-state index contributed by atoms with van der Waals surface area (Å²) in [6.07, 6.45) is -0.111. The van der Waals surface area contributed by atoms with Crippen LogP contribution in [0.4, 0.5) is 4.39 Å². The van der Waals surface area contributed by atoms with Gasteiger partial charge in [0.15, 0.2) is 0 Å². The second-order valence-corrected chi connectivity index (χ2v) is 3.58. The van der Waals surface area contributed by atoms with Gasteiger partial charge in [0, 0.05) is 19.1 Å². The van der Waals surface area contributed by atoms with E-state index in [1.807, 2.05) is 6.92 Å². The van der Waals surface area contributed by atoms with Crippen molar-refractivity contribution in [2.75, 3.05) is 13.7 Å². The third kappa shape index (κ3) is 4.06. The van der Waals surface area contributed by atoms with Crippen molar-refractivity contribution in [1.82, 2.24) is 0 Å². The maximum Gasteiger partial charge on any atom is 0.127 e. The molecule has 1 aromatic rings. The maximum absolute atomic E-state index is 13.1. The highest BCUT2D eigenvalue weighted by Crippen LogP contribution is 2.19. The molecule has 1 atom stereocenters. The highest BCUT2D eigenvalue weighted by atomic mass is 35.5. The highest BCUT2D eigenvalue weighted by Gasteiger charge is 2.06. The fourth-order valence-electron chi connectivity index (χ4n) is 1.27. The SMILES string of the molecule is COCC(C)Oc1cc(F)cc(CCl)c1. The number of ether oxygens (including phenoxy) is 2. The molecule has 0 aromatic heterocycles. The van der Waals surface area contributed by atoms with E-state index < -0.39 is 0 Å². The van der Waals surface area contributed by atoms with Crippen LogP contribution in [-0.4, -0.2) is 19.8 Å². The van der Waals surface area contributed by atoms with Gasteiger partial charge >= 0.3 is 0 Å². The standard InChI is InChI=1S/C11H14ClFO2/c1-8(7-14-2)15-11-4-9(6-12)3-10(13)5-11/h3-5,8H,6-7H2,1-2H3. The van der Waals surface area contributed by atoms with Gasteiger partial charge in [-0.3, -0.25) is 0 Å². The molecule has 2 nitrogen and oxygen atoms in total. The van der Waals surface area contributed by atoms with Crippen molar-refractivity contribution in [1.29, 1.82) is 0 Å². The number of hydrogen-bond donors (Lipinski definition) is 0. The van der Waals surface area contributed by atoms with Crippen molar-refractivity contribution in [3.05, 3.63) is 29.6 Å². The van der Waals surface area contributed by atoms with Gasteiger partial charge in [-0.25, -0.2) is 4.39 Å². The molecule has 0 saturated carbocycles. The number of alkyl halides is 1. The van der Waals surface area contributed by atoms with Crippen LogP contribution < -0.4 is 4.74 Å². The lowest BCUT2D eigenvalue weighted by Gasteiger charge is -2.14. The first-order valence-corrected chi connectivity index (χ1v) is 5.20. The molecule has 0 fully saturated rings. The van der Waals surface area contributed by atoms with Gasteiger partial charge in [-0.2, -0.15) is 0 Å². The zero-order valence-electron chi connectivity index (χ0n) is 8.80. The van der Waals surface area contributed by atoms with Gasteiger partial charge in [-0.1, -0.05) is 0 Å². The lowest BCUT2D eigenvalue weighted by atomic mass is 10.2. The molecule has 0 radical (unpaired) electrons. The predicted molar refractivity (Wildman–Crippen MR) is 57.9 cm³/mol. The Balaban J connectivity index is 2.71. The van der Waals surface area contributed by atoms with E-state index in [1.54, 1.807) is 13.2 Å². The van der Waals surface area contributed by atoms with E-state index in [0.717, 1.165) is 0 Å². The average molecular weight is 233 g/mol. The minimum atomic E-state index is -0.340. The molecule has 1 aromatic carbocycles. The van der Waals surface area contributed by atoms with Crippen LogP contribution in [0.15, 0.2) is 18.2 Å². The number of halogens is 2. The zero-order chi connectivity index (χ0) is 11.3. The minimum absolute atomic E-state index is 0.111. The topological polar surface area (TPSA) is 18.5 Å². The van der Waals surface area contributed by atoms with E-state index in [9.17, 15) is 4.39 Å². The van der Waals surface area contributed by atoms with Crippen LogP contribution in [0.25, 0.3) is 0 Å². The molecule has 0 aliphatic heterocycles. The first kappa shape index (κ1) is 12.3.